The van der Waals surface area contributed by atoms with Crippen molar-refractivity contribution in [2.24, 2.45) is 5.92 Å². The van der Waals surface area contributed by atoms with Crippen molar-refractivity contribution in [1.29, 1.82) is 0 Å². The van der Waals surface area contributed by atoms with Crippen LogP contribution in [0.3, 0.4) is 0 Å². The van der Waals surface area contributed by atoms with Crippen LogP contribution in [0.4, 0.5) is 0 Å². The van der Waals surface area contributed by atoms with Crippen molar-refractivity contribution >= 4 is 5.78 Å². The Morgan fingerprint density at radius 3 is 2.29 bits per heavy atom. The molecule has 0 fully saturated rings. The van der Waals surface area contributed by atoms with Crippen LogP contribution in [0.15, 0.2) is 54.6 Å². The summed E-state index contributed by atoms with van der Waals surface area (Å²) >= 11 is 0. The van der Waals surface area contributed by atoms with Gasteiger partial charge in [-0.15, -0.1) is 0 Å². The van der Waals surface area contributed by atoms with Gasteiger partial charge in [-0.25, -0.2) is 0 Å². The Morgan fingerprint density at radius 2 is 1.67 bits per heavy atom. The van der Waals surface area contributed by atoms with Crippen LogP contribution in [0, 0.1) is 5.92 Å². The summed E-state index contributed by atoms with van der Waals surface area (Å²) in [5.41, 5.74) is 1.73. The first-order chi connectivity index (χ1) is 10.2. The van der Waals surface area contributed by atoms with Crippen molar-refractivity contribution in [3.63, 3.8) is 0 Å². The molecule has 0 spiro atoms. The zero-order chi connectivity index (χ0) is 15.2. The van der Waals surface area contributed by atoms with Crippen molar-refractivity contribution in [3.05, 3.63) is 65.7 Å². The number of para-hydroxylation sites is 1. The van der Waals surface area contributed by atoms with Crippen LogP contribution in [0.5, 0.6) is 5.75 Å². The minimum Gasteiger partial charge on any atom is -0.496 e. The molecule has 0 N–H and O–H groups in total. The summed E-state index contributed by atoms with van der Waals surface area (Å²) in [6.45, 7) is 4.25. The van der Waals surface area contributed by atoms with E-state index in [0.717, 1.165) is 12.0 Å². The highest BCUT2D eigenvalue weighted by molar-refractivity contribution is 6.03. The predicted molar refractivity (Wildman–Crippen MR) is 86.0 cm³/mol. The van der Waals surface area contributed by atoms with Gasteiger partial charge in [0, 0.05) is 0 Å². The summed E-state index contributed by atoms with van der Waals surface area (Å²) in [5, 5.41) is 0. The minimum atomic E-state index is -0.132. The molecule has 2 heteroatoms. The van der Waals surface area contributed by atoms with Gasteiger partial charge in [-0.1, -0.05) is 62.7 Å². The molecule has 2 nitrogen and oxygen atoms in total. The number of hydrogen-bond donors (Lipinski definition) is 0. The van der Waals surface area contributed by atoms with E-state index in [1.54, 1.807) is 7.11 Å². The van der Waals surface area contributed by atoms with Gasteiger partial charge < -0.3 is 4.74 Å². The molecule has 2 rings (SSSR count). The number of ketones is 1. The molecule has 2 aromatic rings. The molecule has 0 bridgehead atoms. The van der Waals surface area contributed by atoms with Crippen LogP contribution >= 0.6 is 0 Å². The van der Waals surface area contributed by atoms with Crippen LogP contribution in [-0.2, 0) is 0 Å². The Hall–Kier alpha value is -2.09. The molecular formula is C19H22O2. The van der Waals surface area contributed by atoms with Gasteiger partial charge in [0.25, 0.3) is 0 Å². The number of methoxy groups -OCH3 is 1. The fourth-order valence-corrected chi connectivity index (χ4v) is 2.65. The third-order valence-electron chi connectivity index (χ3n) is 4.03. The number of Topliss-reactive ketones (excluding diaryl/α,β-unsaturated/α-hetero) is 1. The molecule has 0 radical (unpaired) electrons. The van der Waals surface area contributed by atoms with E-state index >= 15 is 0 Å². The molecule has 2 aromatic carbocycles. The first kappa shape index (κ1) is 15.3. The lowest BCUT2D eigenvalue weighted by Gasteiger charge is -2.23. The van der Waals surface area contributed by atoms with E-state index in [-0.39, 0.29) is 17.6 Å². The summed E-state index contributed by atoms with van der Waals surface area (Å²) in [6.07, 6.45) is 0.959. The number of hydrogen-bond acceptors (Lipinski definition) is 2. The van der Waals surface area contributed by atoms with Gasteiger partial charge in [0.15, 0.2) is 5.78 Å². The second-order valence-electron chi connectivity index (χ2n) is 5.34. The van der Waals surface area contributed by atoms with Crippen molar-refractivity contribution in [2.75, 3.05) is 7.11 Å². The van der Waals surface area contributed by atoms with Gasteiger partial charge in [0.1, 0.15) is 5.75 Å². The standard InChI is InChI=1S/C19H22O2/c1-4-14(2)18(15-10-6-5-7-11-15)19(20)16-12-8-9-13-17(16)21-3/h5-14,18H,4H2,1-3H3. The van der Waals surface area contributed by atoms with Gasteiger partial charge in [-0.2, -0.15) is 0 Å². The number of rotatable bonds is 6. The van der Waals surface area contributed by atoms with Crippen LogP contribution in [0.1, 0.15) is 42.1 Å². The lowest BCUT2D eigenvalue weighted by Crippen LogP contribution is -2.20. The number of benzene rings is 2. The monoisotopic (exact) mass is 282 g/mol. The molecule has 2 atom stereocenters. The SMILES string of the molecule is CCC(C)C(C(=O)c1ccccc1OC)c1ccccc1. The van der Waals surface area contributed by atoms with Crippen molar-refractivity contribution in [2.45, 2.75) is 26.2 Å². The zero-order valence-electron chi connectivity index (χ0n) is 12.9. The van der Waals surface area contributed by atoms with Crippen LogP contribution in [-0.4, -0.2) is 12.9 Å². The van der Waals surface area contributed by atoms with Crippen molar-refractivity contribution < 1.29 is 9.53 Å². The van der Waals surface area contributed by atoms with Crippen LogP contribution < -0.4 is 4.74 Å². The molecule has 0 heterocycles. The van der Waals surface area contributed by atoms with E-state index in [9.17, 15) is 4.79 Å². The molecule has 2 unspecified atom stereocenters. The van der Waals surface area contributed by atoms with E-state index in [1.165, 1.54) is 0 Å². The largest absolute Gasteiger partial charge is 0.496 e. The Labute approximate surface area is 126 Å². The average molecular weight is 282 g/mol. The first-order valence-corrected chi connectivity index (χ1v) is 7.41. The van der Waals surface area contributed by atoms with Crippen LogP contribution in [0.2, 0.25) is 0 Å². The summed E-state index contributed by atoms with van der Waals surface area (Å²) in [5.74, 6) is 0.928. The normalized spacial score (nSPS) is 13.5. The van der Waals surface area contributed by atoms with E-state index in [1.807, 2.05) is 54.6 Å². The molecule has 110 valence electrons. The maximum Gasteiger partial charge on any atom is 0.174 e. The molecule has 0 aliphatic heterocycles. The maximum atomic E-state index is 13.0. The van der Waals surface area contributed by atoms with Gasteiger partial charge in [-0.05, 0) is 23.6 Å². The molecule has 0 aliphatic rings. The zero-order valence-corrected chi connectivity index (χ0v) is 12.9. The molecule has 0 aliphatic carbocycles. The molecule has 21 heavy (non-hydrogen) atoms. The lowest BCUT2D eigenvalue weighted by atomic mass is 9.80. The molecule has 0 saturated carbocycles. The maximum absolute atomic E-state index is 13.0. The van der Waals surface area contributed by atoms with E-state index in [2.05, 4.69) is 13.8 Å². The fourth-order valence-electron chi connectivity index (χ4n) is 2.65. The lowest BCUT2D eigenvalue weighted by molar-refractivity contribution is 0.0929. The smallest absolute Gasteiger partial charge is 0.174 e. The summed E-state index contributed by atoms with van der Waals surface area (Å²) in [6, 6.07) is 17.5. The number of carbonyl (C=O) groups excluding carboxylic acids is 1. The topological polar surface area (TPSA) is 26.3 Å². The third kappa shape index (κ3) is 3.33. The molecule has 0 aromatic heterocycles. The van der Waals surface area contributed by atoms with Gasteiger partial charge in [0.2, 0.25) is 0 Å². The van der Waals surface area contributed by atoms with Crippen molar-refractivity contribution in [3.8, 4) is 5.75 Å². The van der Waals surface area contributed by atoms with Gasteiger partial charge in [-0.3, -0.25) is 4.79 Å². The second-order valence-corrected chi connectivity index (χ2v) is 5.34. The van der Waals surface area contributed by atoms with E-state index < -0.39 is 0 Å². The quantitative estimate of drug-likeness (QED) is 0.717. The Kier molecular flexibility index (Phi) is 5.15. The molecular weight excluding hydrogens is 260 g/mol. The third-order valence-corrected chi connectivity index (χ3v) is 4.03. The fraction of sp³-hybridized carbons (Fsp3) is 0.316. The van der Waals surface area contributed by atoms with Gasteiger partial charge >= 0.3 is 0 Å². The number of carbonyl (C=O) groups is 1. The summed E-state index contributed by atoms with van der Waals surface area (Å²) in [7, 11) is 1.60. The summed E-state index contributed by atoms with van der Waals surface area (Å²) < 4.78 is 5.35. The van der Waals surface area contributed by atoms with Gasteiger partial charge in [0.05, 0.1) is 18.6 Å². The molecule has 0 saturated heterocycles. The Bertz CT molecular complexity index is 590. The first-order valence-electron chi connectivity index (χ1n) is 7.41. The summed E-state index contributed by atoms with van der Waals surface area (Å²) in [4.78, 5) is 13.0. The van der Waals surface area contributed by atoms with E-state index in [0.29, 0.717) is 11.3 Å². The minimum absolute atomic E-state index is 0.132. The highest BCUT2D eigenvalue weighted by Crippen LogP contribution is 2.33. The van der Waals surface area contributed by atoms with Crippen LogP contribution in [0.25, 0.3) is 0 Å². The highest BCUT2D eigenvalue weighted by Gasteiger charge is 2.28. The average Bonchev–Trinajstić information content (AvgIpc) is 2.55. The van der Waals surface area contributed by atoms with Crippen molar-refractivity contribution in [1.82, 2.24) is 0 Å². The predicted octanol–water partition coefficient (Wildman–Crippen LogP) is 4.71. The van der Waals surface area contributed by atoms with E-state index in [4.69, 9.17) is 4.74 Å². The highest BCUT2D eigenvalue weighted by atomic mass is 16.5. The molecule has 0 amide bonds. The second kappa shape index (κ2) is 7.07. The Balaban J connectivity index is 2.44. The number of ether oxygens (including phenoxy) is 1. The Morgan fingerprint density at radius 1 is 1.05 bits per heavy atom.